The molecule has 2 nitrogen and oxygen atoms in total. The van der Waals surface area contributed by atoms with E-state index < -0.39 is 0 Å². The first-order valence-electron chi connectivity index (χ1n) is 7.83. The number of halogens is 1. The molecule has 0 aliphatic heterocycles. The number of benzene rings is 2. The molecule has 1 amide bonds. The highest BCUT2D eigenvalue weighted by atomic mass is 35.5. The van der Waals surface area contributed by atoms with Crippen LogP contribution in [0.25, 0.3) is 0 Å². The summed E-state index contributed by atoms with van der Waals surface area (Å²) in [5.74, 6) is 0.0463. The monoisotopic (exact) mass is 355 g/mol. The van der Waals surface area contributed by atoms with E-state index in [1.165, 1.54) is 5.56 Å². The zero-order chi connectivity index (χ0) is 16.8. The van der Waals surface area contributed by atoms with Gasteiger partial charge >= 0.3 is 0 Å². The number of rotatable bonds is 6. The Labute approximate surface area is 151 Å². The van der Waals surface area contributed by atoms with E-state index >= 15 is 0 Å². The van der Waals surface area contributed by atoms with Crippen molar-refractivity contribution in [3.05, 3.63) is 93.1 Å². The zero-order valence-electron chi connectivity index (χ0n) is 13.1. The van der Waals surface area contributed by atoms with Gasteiger partial charge in [0, 0.05) is 11.4 Å². The first-order chi connectivity index (χ1) is 11.7. The number of hydrogen-bond acceptors (Lipinski definition) is 2. The SMILES string of the molecule is O=C(CCc1ccsc1)NC(c1ccccc1)c1ccc(Cl)cc1. The summed E-state index contributed by atoms with van der Waals surface area (Å²) in [6.45, 7) is 0. The highest BCUT2D eigenvalue weighted by molar-refractivity contribution is 7.07. The van der Waals surface area contributed by atoms with Crippen molar-refractivity contribution in [3.8, 4) is 0 Å². The number of amides is 1. The Kier molecular flexibility index (Phi) is 5.68. The van der Waals surface area contributed by atoms with Crippen LogP contribution in [-0.2, 0) is 11.2 Å². The zero-order valence-corrected chi connectivity index (χ0v) is 14.7. The Morgan fingerprint density at radius 1 is 1.00 bits per heavy atom. The molecule has 1 aromatic heterocycles. The Bertz CT molecular complexity index is 769. The van der Waals surface area contributed by atoms with Crippen LogP contribution in [0.2, 0.25) is 5.02 Å². The maximum absolute atomic E-state index is 12.4. The van der Waals surface area contributed by atoms with Gasteiger partial charge in [-0.25, -0.2) is 0 Å². The van der Waals surface area contributed by atoms with Crippen molar-refractivity contribution < 1.29 is 4.79 Å². The van der Waals surface area contributed by atoms with Gasteiger partial charge in [0.25, 0.3) is 0 Å². The van der Waals surface area contributed by atoms with Crippen LogP contribution in [0.1, 0.15) is 29.2 Å². The molecule has 3 rings (SSSR count). The fourth-order valence-electron chi connectivity index (χ4n) is 2.59. The maximum atomic E-state index is 12.4. The molecule has 4 heteroatoms. The third kappa shape index (κ3) is 4.47. The highest BCUT2D eigenvalue weighted by Gasteiger charge is 2.16. The molecule has 0 aliphatic rings. The van der Waals surface area contributed by atoms with E-state index in [1.54, 1.807) is 11.3 Å². The predicted octanol–water partition coefficient (Wildman–Crippen LogP) is 5.24. The summed E-state index contributed by atoms with van der Waals surface area (Å²) in [4.78, 5) is 12.4. The largest absolute Gasteiger partial charge is 0.345 e. The summed E-state index contributed by atoms with van der Waals surface area (Å²) in [5, 5.41) is 7.96. The van der Waals surface area contributed by atoms with Crippen molar-refractivity contribution in [1.82, 2.24) is 5.32 Å². The van der Waals surface area contributed by atoms with E-state index in [4.69, 9.17) is 11.6 Å². The second-order valence-corrected chi connectivity index (χ2v) is 6.81. The molecular formula is C20H18ClNOS. The molecule has 0 radical (unpaired) electrons. The van der Waals surface area contributed by atoms with Gasteiger partial charge in [0.05, 0.1) is 6.04 Å². The Morgan fingerprint density at radius 3 is 2.38 bits per heavy atom. The van der Waals surface area contributed by atoms with Gasteiger partial charge in [-0.05, 0) is 52.1 Å². The third-order valence-corrected chi connectivity index (χ3v) is 4.85. The molecule has 122 valence electrons. The number of carbonyl (C=O) groups excluding carboxylic acids is 1. The van der Waals surface area contributed by atoms with Gasteiger partial charge in [-0.3, -0.25) is 4.79 Å². The summed E-state index contributed by atoms with van der Waals surface area (Å²) < 4.78 is 0. The van der Waals surface area contributed by atoms with Gasteiger partial charge in [-0.2, -0.15) is 11.3 Å². The fourth-order valence-corrected chi connectivity index (χ4v) is 3.41. The molecule has 1 unspecified atom stereocenters. The standard InChI is InChI=1S/C20H18ClNOS/c21-18-9-7-17(8-10-18)20(16-4-2-1-3-5-16)22-19(23)11-6-15-12-13-24-14-15/h1-5,7-10,12-14,20H,6,11H2,(H,22,23). The number of nitrogens with one attached hydrogen (secondary N) is 1. The van der Waals surface area contributed by atoms with E-state index in [9.17, 15) is 4.79 Å². The van der Waals surface area contributed by atoms with Gasteiger partial charge in [0.1, 0.15) is 0 Å². The minimum Gasteiger partial charge on any atom is -0.345 e. The summed E-state index contributed by atoms with van der Waals surface area (Å²) in [6.07, 6.45) is 1.24. The van der Waals surface area contributed by atoms with Crippen LogP contribution in [-0.4, -0.2) is 5.91 Å². The molecule has 0 bridgehead atoms. The average Bonchev–Trinajstić information content (AvgIpc) is 3.13. The van der Waals surface area contributed by atoms with Crippen molar-refractivity contribution in [2.75, 3.05) is 0 Å². The van der Waals surface area contributed by atoms with Gasteiger partial charge in [0.2, 0.25) is 5.91 Å². The van der Waals surface area contributed by atoms with Gasteiger partial charge in [-0.15, -0.1) is 0 Å². The molecule has 2 aromatic carbocycles. The maximum Gasteiger partial charge on any atom is 0.221 e. The van der Waals surface area contributed by atoms with Crippen molar-refractivity contribution >= 4 is 28.8 Å². The van der Waals surface area contributed by atoms with Crippen molar-refractivity contribution in [2.24, 2.45) is 0 Å². The predicted molar refractivity (Wildman–Crippen MR) is 101 cm³/mol. The second-order valence-electron chi connectivity index (χ2n) is 5.59. The first kappa shape index (κ1) is 16.7. The van der Waals surface area contributed by atoms with Crippen molar-refractivity contribution in [2.45, 2.75) is 18.9 Å². The van der Waals surface area contributed by atoms with Crippen LogP contribution in [0.4, 0.5) is 0 Å². The van der Waals surface area contributed by atoms with Crippen LogP contribution < -0.4 is 5.32 Å². The second kappa shape index (κ2) is 8.13. The fraction of sp³-hybridized carbons (Fsp3) is 0.150. The van der Waals surface area contributed by atoms with Gasteiger partial charge in [-0.1, -0.05) is 54.1 Å². The number of hydrogen-bond donors (Lipinski definition) is 1. The molecule has 1 heterocycles. The van der Waals surface area contributed by atoms with E-state index in [1.807, 2.05) is 60.0 Å². The molecule has 1 atom stereocenters. The molecule has 0 saturated carbocycles. The lowest BCUT2D eigenvalue weighted by Crippen LogP contribution is -2.29. The van der Waals surface area contributed by atoms with E-state index in [-0.39, 0.29) is 11.9 Å². The molecule has 0 aliphatic carbocycles. The quantitative estimate of drug-likeness (QED) is 0.643. The minimum atomic E-state index is -0.168. The van der Waals surface area contributed by atoms with Crippen LogP contribution in [0.5, 0.6) is 0 Å². The van der Waals surface area contributed by atoms with Gasteiger partial charge in [0.15, 0.2) is 0 Å². The van der Waals surface area contributed by atoms with Crippen LogP contribution in [0.15, 0.2) is 71.4 Å². The average molecular weight is 356 g/mol. The number of thiophene rings is 1. The Hall–Kier alpha value is -2.10. The van der Waals surface area contributed by atoms with Crippen molar-refractivity contribution in [3.63, 3.8) is 0 Å². The molecule has 3 aromatic rings. The molecule has 1 N–H and O–H groups in total. The Morgan fingerprint density at radius 2 is 1.71 bits per heavy atom. The topological polar surface area (TPSA) is 29.1 Å². The molecular weight excluding hydrogens is 338 g/mol. The van der Waals surface area contributed by atoms with E-state index in [0.29, 0.717) is 11.4 Å². The smallest absolute Gasteiger partial charge is 0.221 e. The van der Waals surface area contributed by atoms with E-state index in [2.05, 4.69) is 16.8 Å². The molecule has 0 fully saturated rings. The minimum absolute atomic E-state index is 0.0463. The molecule has 0 spiro atoms. The van der Waals surface area contributed by atoms with E-state index in [0.717, 1.165) is 17.5 Å². The highest BCUT2D eigenvalue weighted by Crippen LogP contribution is 2.23. The molecule has 0 saturated heterocycles. The lowest BCUT2D eigenvalue weighted by atomic mass is 9.98. The van der Waals surface area contributed by atoms with Crippen LogP contribution in [0, 0.1) is 0 Å². The summed E-state index contributed by atoms with van der Waals surface area (Å²) in [7, 11) is 0. The summed E-state index contributed by atoms with van der Waals surface area (Å²) in [6, 6.07) is 19.5. The first-order valence-corrected chi connectivity index (χ1v) is 9.15. The van der Waals surface area contributed by atoms with Crippen LogP contribution >= 0.6 is 22.9 Å². The summed E-state index contributed by atoms with van der Waals surface area (Å²) in [5.41, 5.74) is 3.29. The molecule has 24 heavy (non-hydrogen) atoms. The lowest BCUT2D eigenvalue weighted by Gasteiger charge is -2.20. The lowest BCUT2D eigenvalue weighted by molar-refractivity contribution is -0.121. The van der Waals surface area contributed by atoms with Crippen molar-refractivity contribution in [1.29, 1.82) is 0 Å². The Balaban J connectivity index is 1.74. The third-order valence-electron chi connectivity index (χ3n) is 3.86. The van der Waals surface area contributed by atoms with Crippen LogP contribution in [0.3, 0.4) is 0 Å². The van der Waals surface area contributed by atoms with Gasteiger partial charge < -0.3 is 5.32 Å². The number of carbonyl (C=O) groups is 1. The number of aryl methyl sites for hydroxylation is 1. The normalized spacial score (nSPS) is 11.9. The summed E-state index contributed by atoms with van der Waals surface area (Å²) >= 11 is 7.64.